The number of ketones is 1. The van der Waals surface area contributed by atoms with Crippen LogP contribution in [0.4, 0.5) is 0 Å². The molecule has 3 aromatic heterocycles. The van der Waals surface area contributed by atoms with Crippen molar-refractivity contribution in [2.24, 2.45) is 5.92 Å². The Kier molecular flexibility index (Phi) is 7.54. The SMILES string of the molecule is CCCCn1nc(C(=O)CC2CCCCC2)nc1Cc1ccc(-c2ccccc2-c2nnn[nH]2)nc1. The van der Waals surface area contributed by atoms with Crippen molar-refractivity contribution < 1.29 is 4.79 Å². The van der Waals surface area contributed by atoms with Gasteiger partial charge in [0.2, 0.25) is 11.6 Å². The van der Waals surface area contributed by atoms with Gasteiger partial charge in [-0.2, -0.15) is 0 Å². The summed E-state index contributed by atoms with van der Waals surface area (Å²) in [6, 6.07) is 12.0. The highest BCUT2D eigenvalue weighted by Crippen LogP contribution is 2.29. The molecule has 0 spiro atoms. The highest BCUT2D eigenvalue weighted by Gasteiger charge is 2.22. The van der Waals surface area contributed by atoms with Gasteiger partial charge in [0, 0.05) is 36.7 Å². The smallest absolute Gasteiger partial charge is 0.217 e. The molecule has 36 heavy (non-hydrogen) atoms. The number of carbonyl (C=O) groups is 1. The maximum atomic E-state index is 13.0. The van der Waals surface area contributed by atoms with E-state index in [-0.39, 0.29) is 5.78 Å². The van der Waals surface area contributed by atoms with Crippen molar-refractivity contribution in [1.29, 1.82) is 0 Å². The van der Waals surface area contributed by atoms with E-state index in [9.17, 15) is 4.79 Å². The number of aromatic nitrogens is 8. The maximum Gasteiger partial charge on any atom is 0.217 e. The zero-order chi connectivity index (χ0) is 24.7. The third-order valence-corrected chi connectivity index (χ3v) is 6.91. The number of rotatable bonds is 10. The van der Waals surface area contributed by atoms with Crippen LogP contribution in [0.2, 0.25) is 0 Å². The molecule has 1 N–H and O–H groups in total. The van der Waals surface area contributed by atoms with Crippen LogP contribution in [0.1, 0.15) is 80.3 Å². The van der Waals surface area contributed by atoms with Gasteiger partial charge >= 0.3 is 0 Å². The van der Waals surface area contributed by atoms with Gasteiger partial charge in [0.1, 0.15) is 5.82 Å². The minimum absolute atomic E-state index is 0.0744. The van der Waals surface area contributed by atoms with Gasteiger partial charge in [0.15, 0.2) is 5.82 Å². The molecule has 5 rings (SSSR count). The first-order chi connectivity index (χ1) is 17.7. The minimum Gasteiger partial charge on any atom is -0.291 e. The summed E-state index contributed by atoms with van der Waals surface area (Å²) in [6.45, 7) is 2.92. The third-order valence-electron chi connectivity index (χ3n) is 6.91. The van der Waals surface area contributed by atoms with Crippen LogP contribution in [-0.4, -0.2) is 46.2 Å². The summed E-state index contributed by atoms with van der Waals surface area (Å²) in [4.78, 5) is 22.4. The molecule has 1 saturated carbocycles. The third kappa shape index (κ3) is 5.56. The summed E-state index contributed by atoms with van der Waals surface area (Å²) < 4.78 is 1.91. The van der Waals surface area contributed by atoms with E-state index >= 15 is 0 Å². The molecule has 1 aliphatic rings. The second kappa shape index (κ2) is 11.3. The van der Waals surface area contributed by atoms with Crippen molar-refractivity contribution in [3.05, 3.63) is 59.8 Å². The summed E-state index contributed by atoms with van der Waals surface area (Å²) >= 11 is 0. The summed E-state index contributed by atoms with van der Waals surface area (Å²) in [7, 11) is 0. The van der Waals surface area contributed by atoms with E-state index in [1.807, 2.05) is 41.2 Å². The second-order valence-corrected chi connectivity index (χ2v) is 9.58. The van der Waals surface area contributed by atoms with Gasteiger partial charge in [-0.3, -0.25) is 9.78 Å². The van der Waals surface area contributed by atoms with Crippen molar-refractivity contribution in [3.63, 3.8) is 0 Å². The number of tetrazole rings is 1. The number of carbonyl (C=O) groups excluding carboxylic acids is 1. The van der Waals surface area contributed by atoms with Crippen molar-refractivity contribution >= 4 is 5.78 Å². The zero-order valence-corrected chi connectivity index (χ0v) is 20.7. The van der Waals surface area contributed by atoms with Gasteiger partial charge < -0.3 is 0 Å². The number of nitrogens with zero attached hydrogens (tertiary/aromatic N) is 7. The number of H-pyrrole nitrogens is 1. The van der Waals surface area contributed by atoms with E-state index in [1.54, 1.807) is 0 Å². The Bertz CT molecular complexity index is 1270. The van der Waals surface area contributed by atoms with Crippen LogP contribution in [0.3, 0.4) is 0 Å². The summed E-state index contributed by atoms with van der Waals surface area (Å²) in [5, 5.41) is 18.9. The Morgan fingerprint density at radius 3 is 2.64 bits per heavy atom. The first-order valence-corrected chi connectivity index (χ1v) is 13.0. The molecule has 0 atom stereocenters. The number of pyridine rings is 1. The molecule has 0 amide bonds. The number of nitrogens with one attached hydrogen (secondary N) is 1. The highest BCUT2D eigenvalue weighted by molar-refractivity contribution is 5.92. The first-order valence-electron chi connectivity index (χ1n) is 13.0. The quantitative estimate of drug-likeness (QED) is 0.313. The lowest BCUT2D eigenvalue weighted by molar-refractivity contribution is 0.0939. The van der Waals surface area contributed by atoms with Crippen molar-refractivity contribution in [1.82, 2.24) is 40.4 Å². The van der Waals surface area contributed by atoms with E-state index in [2.05, 4.69) is 38.7 Å². The molecule has 4 aromatic rings. The summed E-state index contributed by atoms with van der Waals surface area (Å²) in [6.07, 6.45) is 11.1. The van der Waals surface area contributed by atoms with Gasteiger partial charge in [0.25, 0.3) is 0 Å². The van der Waals surface area contributed by atoms with Crippen LogP contribution in [0.5, 0.6) is 0 Å². The lowest BCUT2D eigenvalue weighted by Gasteiger charge is -2.19. The lowest BCUT2D eigenvalue weighted by Crippen LogP contribution is -2.13. The number of Topliss-reactive ketones (excluding diaryl/α,β-unsaturated/α-hetero) is 1. The fraction of sp³-hybridized carbons (Fsp3) is 0.444. The fourth-order valence-electron chi connectivity index (χ4n) is 4.91. The Morgan fingerprint density at radius 2 is 1.92 bits per heavy atom. The molecule has 0 saturated heterocycles. The molecule has 0 unspecified atom stereocenters. The molecule has 1 aromatic carbocycles. The van der Waals surface area contributed by atoms with Gasteiger partial charge in [-0.15, -0.1) is 10.2 Å². The molecule has 3 heterocycles. The topological polar surface area (TPSA) is 115 Å². The zero-order valence-electron chi connectivity index (χ0n) is 20.7. The number of benzene rings is 1. The monoisotopic (exact) mass is 484 g/mol. The fourth-order valence-corrected chi connectivity index (χ4v) is 4.91. The Morgan fingerprint density at radius 1 is 1.08 bits per heavy atom. The van der Waals surface area contributed by atoms with Crippen LogP contribution in [0.15, 0.2) is 42.6 Å². The number of hydrogen-bond acceptors (Lipinski definition) is 7. The van der Waals surface area contributed by atoms with Gasteiger partial charge in [-0.1, -0.05) is 75.8 Å². The minimum atomic E-state index is 0.0744. The Labute approximate surface area is 210 Å². The molecule has 1 fully saturated rings. The molecule has 9 heteroatoms. The van der Waals surface area contributed by atoms with Gasteiger partial charge in [-0.05, 0) is 34.4 Å². The summed E-state index contributed by atoms with van der Waals surface area (Å²) in [5.74, 6) is 2.34. The number of unbranched alkanes of at least 4 members (excludes halogenated alkanes) is 1. The van der Waals surface area contributed by atoms with Gasteiger partial charge in [0.05, 0.1) is 5.69 Å². The largest absolute Gasteiger partial charge is 0.291 e. The van der Waals surface area contributed by atoms with Crippen molar-refractivity contribution in [2.45, 2.75) is 71.3 Å². The molecule has 0 radical (unpaired) electrons. The van der Waals surface area contributed by atoms with E-state index in [0.717, 1.165) is 60.4 Å². The van der Waals surface area contributed by atoms with Crippen LogP contribution in [0.25, 0.3) is 22.6 Å². The van der Waals surface area contributed by atoms with Crippen LogP contribution in [0, 0.1) is 5.92 Å². The first kappa shape index (κ1) is 24.0. The van der Waals surface area contributed by atoms with E-state index in [1.165, 1.54) is 19.3 Å². The molecule has 1 aliphatic carbocycles. The highest BCUT2D eigenvalue weighted by atomic mass is 16.1. The van der Waals surface area contributed by atoms with Crippen LogP contribution >= 0.6 is 0 Å². The predicted molar refractivity (Wildman–Crippen MR) is 136 cm³/mol. The second-order valence-electron chi connectivity index (χ2n) is 9.58. The maximum absolute atomic E-state index is 13.0. The molecule has 0 bridgehead atoms. The number of hydrogen-bond donors (Lipinski definition) is 1. The van der Waals surface area contributed by atoms with E-state index in [0.29, 0.717) is 30.4 Å². The molecular formula is C27H32N8O. The molecule has 186 valence electrons. The standard InChI is InChI=1S/C27H32N8O/c1-2-3-15-35-25(29-27(32-35)24(36)16-19-9-5-4-6-10-19)17-20-13-14-23(28-18-20)21-11-7-8-12-22(21)26-30-33-34-31-26/h7-8,11-14,18-19H,2-6,9-10,15-17H2,1H3,(H,30,31,33,34). The normalized spacial score (nSPS) is 14.2. The number of aromatic amines is 1. The predicted octanol–water partition coefficient (Wildman–Crippen LogP) is 5.06. The molecular weight excluding hydrogens is 452 g/mol. The summed E-state index contributed by atoms with van der Waals surface area (Å²) in [5.41, 5.74) is 3.70. The van der Waals surface area contributed by atoms with E-state index < -0.39 is 0 Å². The Balaban J connectivity index is 1.34. The van der Waals surface area contributed by atoms with E-state index in [4.69, 9.17) is 9.97 Å². The average Bonchev–Trinajstić information content (AvgIpc) is 3.59. The van der Waals surface area contributed by atoms with Crippen LogP contribution < -0.4 is 0 Å². The van der Waals surface area contributed by atoms with Gasteiger partial charge in [-0.25, -0.2) is 14.8 Å². The molecule has 9 nitrogen and oxygen atoms in total. The van der Waals surface area contributed by atoms with Crippen molar-refractivity contribution in [3.8, 4) is 22.6 Å². The lowest BCUT2D eigenvalue weighted by atomic mass is 9.86. The molecule has 0 aliphatic heterocycles. The Hall–Kier alpha value is -3.75. The van der Waals surface area contributed by atoms with Crippen molar-refractivity contribution in [2.75, 3.05) is 0 Å². The number of aryl methyl sites for hydroxylation is 1. The van der Waals surface area contributed by atoms with Crippen LogP contribution in [-0.2, 0) is 13.0 Å². The average molecular weight is 485 g/mol.